The minimum Gasteiger partial charge on any atom is -0.332 e. The van der Waals surface area contributed by atoms with Crippen LogP contribution < -0.4 is 10.6 Å². The molecule has 0 aromatic heterocycles. The molecule has 0 saturated heterocycles. The Morgan fingerprint density at radius 2 is 1.80 bits per heavy atom. The Morgan fingerprint density at radius 1 is 1.20 bits per heavy atom. The molecular weight excluding hydrogens is 443 g/mol. The molecule has 1 amide bonds. The van der Waals surface area contributed by atoms with Gasteiger partial charge in [0.25, 0.3) is 0 Å². The van der Waals surface area contributed by atoms with E-state index in [4.69, 9.17) is 12.2 Å². The highest BCUT2D eigenvalue weighted by atomic mass is 127. The van der Waals surface area contributed by atoms with E-state index in [0.29, 0.717) is 11.5 Å². The average molecular weight is 468 g/mol. The van der Waals surface area contributed by atoms with Gasteiger partial charge in [0.05, 0.1) is 0 Å². The molecule has 1 aromatic carbocycles. The van der Waals surface area contributed by atoms with Crippen LogP contribution in [0.3, 0.4) is 0 Å². The van der Waals surface area contributed by atoms with Crippen LogP contribution in [0.5, 0.6) is 0 Å². The van der Waals surface area contributed by atoms with Crippen LogP contribution in [0.25, 0.3) is 0 Å². The maximum absolute atomic E-state index is 12.6. The number of hydrogen-bond donors (Lipinski definition) is 2. The Balaban J connectivity index is 1.35. The highest BCUT2D eigenvalue weighted by molar-refractivity contribution is 14.1. The van der Waals surface area contributed by atoms with E-state index < -0.39 is 0 Å². The van der Waals surface area contributed by atoms with Crippen molar-refractivity contribution in [2.24, 2.45) is 23.2 Å². The summed E-state index contributed by atoms with van der Waals surface area (Å²) in [5, 5.41) is 6.51. The molecular formula is C20H25IN2OS. The molecule has 0 atom stereocenters. The lowest BCUT2D eigenvalue weighted by Crippen LogP contribution is -2.48. The zero-order chi connectivity index (χ0) is 17.6. The smallest absolute Gasteiger partial charge is 0.226 e. The van der Waals surface area contributed by atoms with Gasteiger partial charge in [-0.3, -0.25) is 4.79 Å². The van der Waals surface area contributed by atoms with Crippen molar-refractivity contribution in [3.8, 4) is 0 Å². The molecule has 25 heavy (non-hydrogen) atoms. The van der Waals surface area contributed by atoms with Crippen molar-refractivity contribution in [3.63, 3.8) is 0 Å². The Labute approximate surface area is 168 Å². The van der Waals surface area contributed by atoms with Crippen LogP contribution in [0, 0.1) is 33.7 Å². The van der Waals surface area contributed by atoms with Crippen LogP contribution in [0.15, 0.2) is 18.2 Å². The van der Waals surface area contributed by atoms with E-state index in [-0.39, 0.29) is 11.3 Å². The first kappa shape index (κ1) is 17.7. The number of carbonyl (C=O) groups is 1. The lowest BCUT2D eigenvalue weighted by atomic mass is 9.49. The summed E-state index contributed by atoms with van der Waals surface area (Å²) in [7, 11) is 0. The average Bonchev–Trinajstić information content (AvgIpc) is 2.47. The minimum atomic E-state index is 0.0858. The van der Waals surface area contributed by atoms with Gasteiger partial charge < -0.3 is 10.6 Å². The third-order valence-corrected chi connectivity index (χ3v) is 7.27. The van der Waals surface area contributed by atoms with Gasteiger partial charge in [0, 0.05) is 15.7 Å². The van der Waals surface area contributed by atoms with Crippen LogP contribution in [-0.2, 0) is 4.79 Å². The SMILES string of the molecule is Cc1cc(I)ccc1NC(=S)NC(=O)CC12CC3CC(CC(C3)C1)C2. The molecule has 4 saturated carbocycles. The van der Waals surface area contributed by atoms with E-state index in [0.717, 1.165) is 29.0 Å². The lowest BCUT2D eigenvalue weighted by molar-refractivity contribution is -0.127. The molecule has 4 aliphatic rings. The fraction of sp³-hybridized carbons (Fsp3) is 0.600. The summed E-state index contributed by atoms with van der Waals surface area (Å²) in [6.07, 6.45) is 8.63. The van der Waals surface area contributed by atoms with E-state index in [2.05, 4.69) is 39.3 Å². The lowest BCUT2D eigenvalue weighted by Gasteiger charge is -2.56. The number of carbonyl (C=O) groups excluding carboxylic acids is 1. The number of hydrogen-bond acceptors (Lipinski definition) is 2. The normalized spacial score (nSPS) is 32.5. The van der Waals surface area contributed by atoms with Gasteiger partial charge >= 0.3 is 0 Å². The summed E-state index contributed by atoms with van der Waals surface area (Å²) in [6, 6.07) is 6.15. The molecule has 0 spiro atoms. The van der Waals surface area contributed by atoms with Crippen molar-refractivity contribution < 1.29 is 4.79 Å². The van der Waals surface area contributed by atoms with Crippen molar-refractivity contribution >= 4 is 51.5 Å². The Bertz CT molecular complexity index is 682. The van der Waals surface area contributed by atoms with Crippen LogP contribution in [0.1, 0.15) is 50.5 Å². The first-order chi connectivity index (χ1) is 11.9. The molecule has 4 aliphatic carbocycles. The van der Waals surface area contributed by atoms with Gasteiger partial charge in [-0.1, -0.05) is 0 Å². The second kappa shape index (κ2) is 6.80. The quantitative estimate of drug-likeness (QED) is 0.484. The number of halogens is 1. The Morgan fingerprint density at radius 3 is 2.36 bits per heavy atom. The molecule has 5 rings (SSSR count). The van der Waals surface area contributed by atoms with Crippen molar-refractivity contribution in [2.45, 2.75) is 51.9 Å². The second-order valence-electron chi connectivity index (χ2n) is 8.56. The van der Waals surface area contributed by atoms with Crippen molar-refractivity contribution in [1.29, 1.82) is 0 Å². The summed E-state index contributed by atoms with van der Waals surface area (Å²) in [4.78, 5) is 12.6. The first-order valence-corrected chi connectivity index (χ1v) is 10.8. The molecule has 1 aromatic rings. The summed E-state index contributed by atoms with van der Waals surface area (Å²) >= 11 is 7.66. The molecule has 0 unspecified atom stereocenters. The van der Waals surface area contributed by atoms with Crippen LogP contribution in [0.2, 0.25) is 0 Å². The number of thiocarbonyl (C=S) groups is 1. The largest absolute Gasteiger partial charge is 0.332 e. The van der Waals surface area contributed by atoms with E-state index in [1.54, 1.807) is 0 Å². The number of rotatable bonds is 3. The number of benzene rings is 1. The summed E-state index contributed by atoms with van der Waals surface area (Å²) in [5.41, 5.74) is 2.35. The van der Waals surface area contributed by atoms with Gasteiger partial charge in [0.1, 0.15) is 0 Å². The van der Waals surface area contributed by atoms with Gasteiger partial charge in [0.2, 0.25) is 5.91 Å². The predicted molar refractivity (Wildman–Crippen MR) is 113 cm³/mol. The number of nitrogens with one attached hydrogen (secondary N) is 2. The fourth-order valence-corrected chi connectivity index (χ4v) is 6.81. The zero-order valence-electron chi connectivity index (χ0n) is 14.6. The summed E-state index contributed by atoms with van der Waals surface area (Å²) in [6.45, 7) is 2.05. The zero-order valence-corrected chi connectivity index (χ0v) is 17.6. The standard InChI is InChI=1S/C20H25IN2OS/c1-12-4-16(21)2-3-17(12)22-19(25)23-18(24)11-20-8-13-5-14(9-20)7-15(6-13)10-20/h2-4,13-15H,5-11H2,1H3,(H2,22,23,24,25). The molecule has 0 aliphatic heterocycles. The summed E-state index contributed by atoms with van der Waals surface area (Å²) in [5.74, 6) is 2.71. The van der Waals surface area contributed by atoms with Gasteiger partial charge in [-0.2, -0.15) is 0 Å². The van der Waals surface area contributed by atoms with Gasteiger partial charge in [-0.25, -0.2) is 0 Å². The molecule has 134 valence electrons. The Hall–Kier alpha value is -0.690. The minimum absolute atomic E-state index is 0.0858. The number of anilines is 1. The van der Waals surface area contributed by atoms with Gasteiger partial charge in [-0.05, 0) is 127 Å². The molecule has 4 fully saturated rings. The van der Waals surface area contributed by atoms with E-state index in [1.807, 2.05) is 19.1 Å². The molecule has 3 nitrogen and oxygen atoms in total. The van der Waals surface area contributed by atoms with Gasteiger partial charge in [-0.15, -0.1) is 0 Å². The first-order valence-electron chi connectivity index (χ1n) is 9.28. The predicted octanol–water partition coefficient (Wildman–Crippen LogP) is 5.02. The molecule has 4 bridgehead atoms. The Kier molecular flexibility index (Phi) is 4.82. The molecule has 5 heteroatoms. The van der Waals surface area contributed by atoms with E-state index >= 15 is 0 Å². The topological polar surface area (TPSA) is 41.1 Å². The van der Waals surface area contributed by atoms with Crippen molar-refractivity contribution in [2.75, 3.05) is 5.32 Å². The van der Waals surface area contributed by atoms with Crippen LogP contribution in [-0.4, -0.2) is 11.0 Å². The second-order valence-corrected chi connectivity index (χ2v) is 10.2. The highest BCUT2D eigenvalue weighted by Gasteiger charge is 2.51. The third-order valence-electron chi connectivity index (χ3n) is 6.39. The number of aryl methyl sites for hydroxylation is 1. The van der Waals surface area contributed by atoms with E-state index in [1.165, 1.54) is 42.1 Å². The fourth-order valence-electron chi connectivity index (χ4n) is 5.94. The highest BCUT2D eigenvalue weighted by Crippen LogP contribution is 2.61. The van der Waals surface area contributed by atoms with E-state index in [9.17, 15) is 4.79 Å². The van der Waals surface area contributed by atoms with Crippen LogP contribution >= 0.6 is 34.8 Å². The van der Waals surface area contributed by atoms with Gasteiger partial charge in [0.15, 0.2) is 5.11 Å². The maximum Gasteiger partial charge on any atom is 0.226 e. The molecule has 2 N–H and O–H groups in total. The maximum atomic E-state index is 12.6. The third kappa shape index (κ3) is 3.87. The van der Waals surface area contributed by atoms with Crippen molar-refractivity contribution in [3.05, 3.63) is 27.3 Å². The molecule has 0 radical (unpaired) electrons. The monoisotopic (exact) mass is 468 g/mol. The molecule has 0 heterocycles. The van der Waals surface area contributed by atoms with Crippen LogP contribution in [0.4, 0.5) is 5.69 Å². The number of amides is 1. The summed E-state index contributed by atoms with van der Waals surface area (Å²) < 4.78 is 1.19. The van der Waals surface area contributed by atoms with Crippen molar-refractivity contribution in [1.82, 2.24) is 5.32 Å².